The maximum Gasteiger partial charge on any atom is 0.266 e. The number of benzene rings is 1. The highest BCUT2D eigenvalue weighted by Crippen LogP contribution is 2.16. The zero-order chi connectivity index (χ0) is 16.9. The molecule has 0 radical (unpaired) electrons. The highest BCUT2D eigenvalue weighted by atomic mass is 16.5. The van der Waals surface area contributed by atoms with Gasteiger partial charge in [-0.15, -0.1) is 5.10 Å². The van der Waals surface area contributed by atoms with Gasteiger partial charge in [0.15, 0.2) is 6.10 Å². The van der Waals surface area contributed by atoms with Crippen LogP contribution < -0.4 is 10.1 Å². The Morgan fingerprint density at radius 2 is 2.04 bits per heavy atom. The van der Waals surface area contributed by atoms with Crippen LogP contribution >= 0.6 is 0 Å². The van der Waals surface area contributed by atoms with Gasteiger partial charge in [0.1, 0.15) is 17.9 Å². The first kappa shape index (κ1) is 15.6. The van der Waals surface area contributed by atoms with Gasteiger partial charge in [0, 0.05) is 6.20 Å². The maximum absolute atomic E-state index is 12.2. The molecule has 1 unspecified atom stereocenters. The number of pyridine rings is 1. The standard InChI is InChI=1S/C16H16N6O2/c1-11-7-8-17-15(9-11)19-16(23)12(2)24-14-5-3-13(4-6-14)22-10-18-20-21-22/h3-10,12H,1-2H3,(H,17,19,23). The van der Waals surface area contributed by atoms with E-state index in [1.54, 1.807) is 43.5 Å². The number of carbonyl (C=O) groups excluding carboxylic acids is 1. The second-order valence-corrected chi connectivity index (χ2v) is 5.22. The Labute approximate surface area is 138 Å². The Hall–Kier alpha value is -3.29. The average molecular weight is 324 g/mol. The first-order chi connectivity index (χ1) is 11.6. The van der Waals surface area contributed by atoms with Crippen molar-refractivity contribution in [3.8, 4) is 11.4 Å². The van der Waals surface area contributed by atoms with Crippen molar-refractivity contribution in [2.24, 2.45) is 0 Å². The van der Waals surface area contributed by atoms with Crippen LogP contribution in [0.1, 0.15) is 12.5 Å². The van der Waals surface area contributed by atoms with Crippen LogP contribution in [0.15, 0.2) is 48.9 Å². The molecule has 8 heteroatoms. The number of ether oxygens (including phenoxy) is 1. The van der Waals surface area contributed by atoms with Crippen LogP contribution in [0.5, 0.6) is 5.75 Å². The van der Waals surface area contributed by atoms with Gasteiger partial charge >= 0.3 is 0 Å². The van der Waals surface area contributed by atoms with Crippen LogP contribution in [0.2, 0.25) is 0 Å². The molecule has 1 amide bonds. The van der Waals surface area contributed by atoms with Crippen LogP contribution in [0.4, 0.5) is 5.82 Å². The van der Waals surface area contributed by atoms with Crippen molar-refractivity contribution in [1.82, 2.24) is 25.2 Å². The Balaban J connectivity index is 1.61. The van der Waals surface area contributed by atoms with Crippen molar-refractivity contribution in [3.63, 3.8) is 0 Å². The van der Waals surface area contributed by atoms with Gasteiger partial charge in [-0.05, 0) is 66.2 Å². The molecule has 0 aliphatic rings. The fourth-order valence-electron chi connectivity index (χ4n) is 2.05. The van der Waals surface area contributed by atoms with E-state index in [0.29, 0.717) is 11.6 Å². The average Bonchev–Trinajstić information content (AvgIpc) is 3.10. The van der Waals surface area contributed by atoms with Gasteiger partial charge in [0.05, 0.1) is 5.69 Å². The minimum absolute atomic E-state index is 0.266. The Morgan fingerprint density at radius 1 is 1.25 bits per heavy atom. The summed E-state index contributed by atoms with van der Waals surface area (Å²) >= 11 is 0. The zero-order valence-electron chi connectivity index (χ0n) is 13.2. The predicted molar refractivity (Wildman–Crippen MR) is 86.8 cm³/mol. The number of aromatic nitrogens is 5. The number of hydrogen-bond acceptors (Lipinski definition) is 6. The molecule has 0 aliphatic heterocycles. The van der Waals surface area contributed by atoms with E-state index < -0.39 is 6.10 Å². The molecule has 0 bridgehead atoms. The number of anilines is 1. The topological polar surface area (TPSA) is 94.8 Å². The van der Waals surface area contributed by atoms with Gasteiger partial charge in [-0.1, -0.05) is 0 Å². The lowest BCUT2D eigenvalue weighted by molar-refractivity contribution is -0.122. The lowest BCUT2D eigenvalue weighted by Crippen LogP contribution is -2.30. The molecule has 122 valence electrons. The Kier molecular flexibility index (Phi) is 4.46. The molecule has 2 aromatic heterocycles. The number of tetrazole rings is 1. The minimum atomic E-state index is -0.661. The van der Waals surface area contributed by atoms with Crippen molar-refractivity contribution >= 4 is 11.7 Å². The molecule has 0 fully saturated rings. The molecule has 1 atom stereocenters. The number of nitrogens with one attached hydrogen (secondary N) is 1. The van der Waals surface area contributed by atoms with Crippen molar-refractivity contribution < 1.29 is 9.53 Å². The summed E-state index contributed by atoms with van der Waals surface area (Å²) in [5.74, 6) is 0.814. The zero-order valence-corrected chi connectivity index (χ0v) is 13.2. The molecule has 0 saturated carbocycles. The number of nitrogens with zero attached hydrogens (tertiary/aromatic N) is 5. The smallest absolute Gasteiger partial charge is 0.266 e. The number of amides is 1. The quantitative estimate of drug-likeness (QED) is 0.768. The summed E-state index contributed by atoms with van der Waals surface area (Å²) in [6.07, 6.45) is 2.49. The van der Waals surface area contributed by atoms with E-state index in [4.69, 9.17) is 4.74 Å². The van der Waals surface area contributed by atoms with E-state index in [-0.39, 0.29) is 5.91 Å². The van der Waals surface area contributed by atoms with Crippen LogP contribution in [0, 0.1) is 6.92 Å². The Bertz CT molecular complexity index is 817. The van der Waals surface area contributed by atoms with Crippen molar-refractivity contribution in [2.45, 2.75) is 20.0 Å². The SMILES string of the molecule is Cc1ccnc(NC(=O)C(C)Oc2ccc(-n3cnnn3)cc2)c1. The summed E-state index contributed by atoms with van der Waals surface area (Å²) in [4.78, 5) is 16.3. The van der Waals surface area contributed by atoms with Gasteiger partial charge in [0.2, 0.25) is 0 Å². The molecule has 0 spiro atoms. The number of hydrogen-bond donors (Lipinski definition) is 1. The fourth-order valence-corrected chi connectivity index (χ4v) is 2.05. The second kappa shape index (κ2) is 6.86. The molecular weight excluding hydrogens is 308 g/mol. The fraction of sp³-hybridized carbons (Fsp3) is 0.188. The normalized spacial score (nSPS) is 11.8. The van der Waals surface area contributed by atoms with Gasteiger partial charge in [-0.2, -0.15) is 0 Å². The van der Waals surface area contributed by atoms with E-state index in [2.05, 4.69) is 25.8 Å². The Morgan fingerprint density at radius 3 is 2.71 bits per heavy atom. The van der Waals surface area contributed by atoms with Crippen LogP contribution in [0.3, 0.4) is 0 Å². The third-order valence-corrected chi connectivity index (χ3v) is 3.30. The molecule has 0 saturated heterocycles. The molecule has 3 aromatic rings. The van der Waals surface area contributed by atoms with Crippen LogP contribution in [0.25, 0.3) is 5.69 Å². The van der Waals surface area contributed by atoms with E-state index in [1.807, 2.05) is 13.0 Å². The predicted octanol–water partition coefficient (Wildman–Crippen LogP) is 1.77. The third kappa shape index (κ3) is 3.72. The molecule has 1 N–H and O–H groups in total. The van der Waals surface area contributed by atoms with Crippen LogP contribution in [-0.2, 0) is 4.79 Å². The van der Waals surface area contributed by atoms with E-state index in [9.17, 15) is 4.79 Å². The molecule has 0 aliphatic carbocycles. The van der Waals surface area contributed by atoms with Crippen molar-refractivity contribution in [3.05, 3.63) is 54.5 Å². The monoisotopic (exact) mass is 324 g/mol. The largest absolute Gasteiger partial charge is 0.481 e. The van der Waals surface area contributed by atoms with Gasteiger partial charge in [0.25, 0.3) is 5.91 Å². The summed E-state index contributed by atoms with van der Waals surface area (Å²) in [7, 11) is 0. The van der Waals surface area contributed by atoms with Gasteiger partial charge < -0.3 is 10.1 Å². The molecule has 8 nitrogen and oxygen atoms in total. The summed E-state index contributed by atoms with van der Waals surface area (Å²) in [6.45, 7) is 3.61. The highest BCUT2D eigenvalue weighted by Gasteiger charge is 2.15. The van der Waals surface area contributed by atoms with Crippen molar-refractivity contribution in [2.75, 3.05) is 5.32 Å². The maximum atomic E-state index is 12.2. The van der Waals surface area contributed by atoms with E-state index in [0.717, 1.165) is 11.3 Å². The second-order valence-electron chi connectivity index (χ2n) is 5.22. The summed E-state index contributed by atoms with van der Waals surface area (Å²) in [5, 5.41) is 13.7. The molecule has 24 heavy (non-hydrogen) atoms. The molecule has 1 aromatic carbocycles. The molecule has 3 rings (SSSR count). The van der Waals surface area contributed by atoms with Gasteiger partial charge in [-0.25, -0.2) is 9.67 Å². The van der Waals surface area contributed by atoms with E-state index in [1.165, 1.54) is 11.0 Å². The summed E-state index contributed by atoms with van der Waals surface area (Å²) < 4.78 is 7.18. The van der Waals surface area contributed by atoms with Crippen LogP contribution in [-0.4, -0.2) is 37.2 Å². The number of carbonyl (C=O) groups is 1. The van der Waals surface area contributed by atoms with E-state index >= 15 is 0 Å². The summed E-state index contributed by atoms with van der Waals surface area (Å²) in [6, 6.07) is 10.8. The minimum Gasteiger partial charge on any atom is -0.481 e. The highest BCUT2D eigenvalue weighted by molar-refractivity contribution is 5.93. The number of rotatable bonds is 5. The lowest BCUT2D eigenvalue weighted by atomic mass is 10.3. The summed E-state index contributed by atoms with van der Waals surface area (Å²) in [5.41, 5.74) is 1.82. The first-order valence-electron chi connectivity index (χ1n) is 7.35. The molecule has 2 heterocycles. The molecular formula is C16H16N6O2. The van der Waals surface area contributed by atoms with Crippen molar-refractivity contribution in [1.29, 1.82) is 0 Å². The number of aryl methyl sites for hydroxylation is 1. The third-order valence-electron chi connectivity index (χ3n) is 3.30. The first-order valence-corrected chi connectivity index (χ1v) is 7.35. The van der Waals surface area contributed by atoms with Gasteiger partial charge in [-0.3, -0.25) is 4.79 Å². The lowest BCUT2D eigenvalue weighted by Gasteiger charge is -2.14.